The van der Waals surface area contributed by atoms with Gasteiger partial charge in [-0.15, -0.1) is 0 Å². The largest absolute Gasteiger partial charge is 0.396 e. The van der Waals surface area contributed by atoms with Gasteiger partial charge in [0.25, 0.3) is 0 Å². The zero-order chi connectivity index (χ0) is 24.6. The van der Waals surface area contributed by atoms with Crippen molar-refractivity contribution in [3.8, 4) is 0 Å². The van der Waals surface area contributed by atoms with E-state index in [9.17, 15) is 19.5 Å². The normalized spacial score (nSPS) is 29.9. The first kappa shape index (κ1) is 22.2. The molecule has 12 heteroatoms. The fourth-order valence-electron chi connectivity index (χ4n) is 6.34. The van der Waals surface area contributed by atoms with Crippen LogP contribution in [0.1, 0.15) is 25.8 Å². The maximum atomic E-state index is 16.1. The maximum absolute atomic E-state index is 16.1. The predicted molar refractivity (Wildman–Crippen MR) is 120 cm³/mol. The zero-order valence-corrected chi connectivity index (χ0v) is 19.3. The van der Waals surface area contributed by atoms with E-state index in [4.69, 9.17) is 9.26 Å². The third-order valence-corrected chi connectivity index (χ3v) is 7.79. The van der Waals surface area contributed by atoms with E-state index in [2.05, 4.69) is 15.8 Å². The molecule has 0 radical (unpaired) electrons. The number of hydrogen-bond acceptors (Lipinski definition) is 9. The van der Waals surface area contributed by atoms with Crippen molar-refractivity contribution in [1.29, 1.82) is 0 Å². The van der Waals surface area contributed by atoms with Gasteiger partial charge in [-0.3, -0.25) is 20.2 Å². The first-order valence-electron chi connectivity index (χ1n) is 11.8. The molecule has 3 fully saturated rings. The highest BCUT2D eigenvalue weighted by Crippen LogP contribution is 2.49. The molecule has 11 nitrogen and oxygen atoms in total. The molecule has 6 rings (SSSR count). The predicted octanol–water partition coefficient (Wildman–Crippen LogP) is 0.676. The summed E-state index contributed by atoms with van der Waals surface area (Å²) in [5, 5.41) is 18.6. The summed E-state index contributed by atoms with van der Waals surface area (Å²) in [6.07, 6.45) is -0.230. The molecule has 0 unspecified atom stereocenters. The Morgan fingerprint density at radius 1 is 1.23 bits per heavy atom. The van der Waals surface area contributed by atoms with Gasteiger partial charge < -0.3 is 24.2 Å². The van der Waals surface area contributed by atoms with Crippen LogP contribution in [0.15, 0.2) is 10.6 Å². The van der Waals surface area contributed by atoms with Crippen LogP contribution in [0.3, 0.4) is 0 Å². The van der Waals surface area contributed by atoms with Crippen LogP contribution in [0.5, 0.6) is 0 Å². The summed E-state index contributed by atoms with van der Waals surface area (Å²) in [7, 11) is 0. The lowest BCUT2D eigenvalue weighted by Crippen LogP contribution is -2.75. The molecule has 1 aromatic carbocycles. The van der Waals surface area contributed by atoms with Gasteiger partial charge in [0.05, 0.1) is 29.3 Å². The van der Waals surface area contributed by atoms with Crippen LogP contribution in [0, 0.1) is 17.2 Å². The van der Waals surface area contributed by atoms with Crippen LogP contribution < -0.4 is 20.4 Å². The average Bonchev–Trinajstić information content (AvgIpc) is 3.43. The Labute approximate surface area is 199 Å². The van der Waals surface area contributed by atoms with Gasteiger partial charge in [-0.05, 0) is 31.9 Å². The number of imide groups is 2. The summed E-state index contributed by atoms with van der Waals surface area (Å²) in [5.41, 5.74) is -0.979. The summed E-state index contributed by atoms with van der Waals surface area (Å²) >= 11 is 0. The number of urea groups is 1. The minimum absolute atomic E-state index is 0.000390. The lowest BCUT2D eigenvalue weighted by atomic mass is 9.66. The molecule has 186 valence electrons. The Morgan fingerprint density at radius 2 is 1.97 bits per heavy atom. The maximum Gasteiger partial charge on any atom is 0.328 e. The number of amides is 4. The van der Waals surface area contributed by atoms with E-state index in [1.54, 1.807) is 17.9 Å². The summed E-state index contributed by atoms with van der Waals surface area (Å²) in [4.78, 5) is 42.1. The van der Waals surface area contributed by atoms with E-state index in [0.29, 0.717) is 29.9 Å². The summed E-state index contributed by atoms with van der Waals surface area (Å²) < 4.78 is 27.5. The highest BCUT2D eigenvalue weighted by molar-refractivity contribution is 6.20. The van der Waals surface area contributed by atoms with Gasteiger partial charge in [0.1, 0.15) is 0 Å². The standard InChI is InChI=1S/C23H26FN5O6/c1-10-7-29-16-13(6-23(18(29)11(2)34-10)20(31)25-22(33)26-21(23)32)5-14-17(15(16)24)35-27-19(14)28-4-3-12(8-28)9-30/h5,10-12,18,30H,3-4,6-9H2,1-2H3,(H2,25,26,31,32,33)/t10-,11+,12+,18-/m1/s1. The molecule has 4 amide bonds. The van der Waals surface area contributed by atoms with Crippen LogP contribution >= 0.6 is 0 Å². The summed E-state index contributed by atoms with van der Waals surface area (Å²) in [6, 6.07) is 0.0136. The molecule has 0 aliphatic carbocycles. The summed E-state index contributed by atoms with van der Waals surface area (Å²) in [5.74, 6) is -1.51. The van der Waals surface area contributed by atoms with E-state index in [1.807, 2.05) is 11.8 Å². The van der Waals surface area contributed by atoms with Crippen molar-refractivity contribution >= 4 is 40.3 Å². The molecular weight excluding hydrogens is 461 g/mol. The Bertz CT molecular complexity index is 1240. The molecule has 1 spiro atoms. The number of carbonyl (C=O) groups excluding carboxylic acids is 3. The van der Waals surface area contributed by atoms with Crippen molar-refractivity contribution in [2.45, 2.75) is 44.9 Å². The van der Waals surface area contributed by atoms with E-state index in [1.165, 1.54) is 0 Å². The number of nitrogens with zero attached hydrogens (tertiary/aromatic N) is 3. The Kier molecular flexibility index (Phi) is 4.84. The van der Waals surface area contributed by atoms with Gasteiger partial charge in [0, 0.05) is 38.6 Å². The molecule has 5 heterocycles. The molecule has 3 saturated heterocycles. The molecule has 0 bridgehead atoms. The topological polar surface area (TPSA) is 137 Å². The van der Waals surface area contributed by atoms with Crippen LogP contribution in [-0.4, -0.2) is 72.6 Å². The van der Waals surface area contributed by atoms with E-state index in [-0.39, 0.29) is 42.9 Å². The first-order valence-corrected chi connectivity index (χ1v) is 11.8. The first-order chi connectivity index (χ1) is 16.7. The van der Waals surface area contributed by atoms with Gasteiger partial charge in [-0.25, -0.2) is 9.18 Å². The van der Waals surface area contributed by atoms with E-state index < -0.39 is 41.2 Å². The highest BCUT2D eigenvalue weighted by Gasteiger charge is 2.63. The molecule has 4 aliphatic heterocycles. The monoisotopic (exact) mass is 487 g/mol. The molecular formula is C23H26FN5O6. The van der Waals surface area contributed by atoms with Crippen molar-refractivity contribution in [1.82, 2.24) is 15.8 Å². The van der Waals surface area contributed by atoms with Gasteiger partial charge in [-0.1, -0.05) is 5.16 Å². The van der Waals surface area contributed by atoms with Gasteiger partial charge in [-0.2, -0.15) is 0 Å². The molecule has 0 saturated carbocycles. The zero-order valence-electron chi connectivity index (χ0n) is 19.3. The number of aromatic nitrogens is 1. The molecule has 3 N–H and O–H groups in total. The number of anilines is 2. The number of barbiturate groups is 1. The van der Waals surface area contributed by atoms with E-state index in [0.717, 1.165) is 6.42 Å². The van der Waals surface area contributed by atoms with Crippen molar-refractivity contribution in [3.63, 3.8) is 0 Å². The molecule has 2 aromatic rings. The van der Waals surface area contributed by atoms with Gasteiger partial charge >= 0.3 is 6.03 Å². The number of aliphatic hydroxyl groups is 1. The number of carbonyl (C=O) groups is 3. The third-order valence-electron chi connectivity index (χ3n) is 7.79. The number of rotatable bonds is 2. The second kappa shape index (κ2) is 7.62. The lowest BCUT2D eigenvalue weighted by molar-refractivity contribution is -0.153. The smallest absolute Gasteiger partial charge is 0.328 e. The number of nitrogens with one attached hydrogen (secondary N) is 2. The fraction of sp³-hybridized carbons (Fsp3) is 0.565. The summed E-state index contributed by atoms with van der Waals surface area (Å²) in [6.45, 7) is 5.08. The van der Waals surface area contributed by atoms with Crippen molar-refractivity contribution < 1.29 is 33.1 Å². The molecule has 1 aromatic heterocycles. The van der Waals surface area contributed by atoms with Crippen LogP contribution in [-0.2, 0) is 20.7 Å². The number of fused-ring (bicyclic) bond motifs is 5. The van der Waals surface area contributed by atoms with Gasteiger partial charge in [0.2, 0.25) is 17.4 Å². The minimum atomic E-state index is -1.69. The van der Waals surface area contributed by atoms with E-state index >= 15 is 4.39 Å². The highest BCUT2D eigenvalue weighted by atomic mass is 19.1. The number of ether oxygens (including phenoxy) is 1. The second-order valence-corrected chi connectivity index (χ2v) is 10.00. The van der Waals surface area contributed by atoms with Crippen LogP contribution in [0.25, 0.3) is 11.0 Å². The molecule has 4 aliphatic rings. The Hall–Kier alpha value is -3.25. The average molecular weight is 487 g/mol. The van der Waals surface area contributed by atoms with Crippen molar-refractivity contribution in [3.05, 3.63) is 17.4 Å². The number of benzene rings is 1. The number of aliphatic hydroxyl groups excluding tert-OH is 1. The number of halogens is 1. The SMILES string of the molecule is C[C@@H]1CN2c3c(cc4c(N5CC[C@H](CO)C5)noc4c3F)CC3(C(=O)NC(=O)NC3=O)[C@H]2[C@H](C)O1. The minimum Gasteiger partial charge on any atom is -0.396 e. The second-order valence-electron chi connectivity index (χ2n) is 10.00. The number of morpholine rings is 1. The van der Waals surface area contributed by atoms with Crippen molar-refractivity contribution in [2.75, 3.05) is 36.0 Å². The van der Waals surface area contributed by atoms with Crippen LogP contribution in [0.2, 0.25) is 0 Å². The lowest BCUT2D eigenvalue weighted by Gasteiger charge is -2.55. The van der Waals surface area contributed by atoms with Crippen molar-refractivity contribution in [2.24, 2.45) is 11.3 Å². The van der Waals surface area contributed by atoms with Gasteiger partial charge in [0.15, 0.2) is 17.1 Å². The van der Waals surface area contributed by atoms with Crippen LogP contribution in [0.4, 0.5) is 20.7 Å². The third kappa shape index (κ3) is 3.02. The molecule has 4 atom stereocenters. The quantitative estimate of drug-likeness (QED) is 0.522. The number of hydrogen-bond donors (Lipinski definition) is 3. The fourth-order valence-corrected chi connectivity index (χ4v) is 6.34. The molecule has 35 heavy (non-hydrogen) atoms. The Balaban J connectivity index is 1.54. The Morgan fingerprint density at radius 3 is 2.66 bits per heavy atom.